The Balaban J connectivity index is 1.40. The SMILES string of the molecule is CO[C@H]1C[C@H](OCc2ccccc2)[C@H](OS(=O)(=O)c2ccc(C)cc2)[C@@H](COC(c2ccccc2)(c2ccccc2)c2ccccc2)O1. The van der Waals surface area contributed by atoms with E-state index in [2.05, 4.69) is 0 Å². The highest BCUT2D eigenvalue weighted by atomic mass is 32.2. The third kappa shape index (κ3) is 7.60. The molecule has 0 saturated carbocycles. The van der Waals surface area contributed by atoms with E-state index in [0.29, 0.717) is 0 Å². The van der Waals surface area contributed by atoms with Gasteiger partial charge in [0.2, 0.25) is 0 Å². The van der Waals surface area contributed by atoms with E-state index in [1.54, 1.807) is 31.4 Å². The Kier molecular flexibility index (Phi) is 10.8. The highest BCUT2D eigenvalue weighted by molar-refractivity contribution is 7.86. The van der Waals surface area contributed by atoms with Gasteiger partial charge in [-0.25, -0.2) is 0 Å². The second kappa shape index (κ2) is 15.4. The molecule has 1 heterocycles. The lowest BCUT2D eigenvalue weighted by Gasteiger charge is -2.42. The van der Waals surface area contributed by atoms with Crippen molar-refractivity contribution in [1.29, 1.82) is 0 Å². The standard InChI is InChI=1S/C40H40O7S/c1-30-23-25-35(26-24-30)48(41,42)47-39-36(44-28-31-15-7-3-8-16-31)27-38(43-2)46-37(39)29-45-40(32-17-9-4-10-18-32,33-19-11-5-12-20-33)34-21-13-6-14-22-34/h3-26,36-39H,27-29H2,1-2H3/t36-,37+,38+,39-/m0/s1. The number of methoxy groups -OCH3 is 1. The molecule has 1 fully saturated rings. The van der Waals surface area contributed by atoms with Crippen LogP contribution in [0, 0.1) is 6.92 Å². The van der Waals surface area contributed by atoms with Crippen molar-refractivity contribution < 1.29 is 31.5 Å². The number of rotatable bonds is 13. The van der Waals surface area contributed by atoms with Gasteiger partial charge < -0.3 is 18.9 Å². The van der Waals surface area contributed by atoms with Gasteiger partial charge in [0.15, 0.2) is 6.29 Å². The summed E-state index contributed by atoms with van der Waals surface area (Å²) in [5.41, 5.74) is 3.54. The summed E-state index contributed by atoms with van der Waals surface area (Å²) in [6.07, 6.45) is -3.06. The van der Waals surface area contributed by atoms with Crippen molar-refractivity contribution in [2.75, 3.05) is 13.7 Å². The highest BCUT2D eigenvalue weighted by Crippen LogP contribution is 2.41. The van der Waals surface area contributed by atoms with E-state index in [-0.39, 0.29) is 24.5 Å². The quantitative estimate of drug-likeness (QED) is 0.0957. The summed E-state index contributed by atoms with van der Waals surface area (Å²) >= 11 is 0. The molecule has 0 N–H and O–H groups in total. The lowest BCUT2D eigenvalue weighted by molar-refractivity contribution is -0.259. The fraction of sp³-hybridized carbons (Fsp3) is 0.250. The molecule has 0 spiro atoms. The van der Waals surface area contributed by atoms with Crippen molar-refractivity contribution in [3.8, 4) is 0 Å². The van der Waals surface area contributed by atoms with Crippen LogP contribution in [-0.4, -0.2) is 46.7 Å². The Labute approximate surface area is 283 Å². The van der Waals surface area contributed by atoms with Gasteiger partial charge in [0, 0.05) is 13.5 Å². The van der Waals surface area contributed by atoms with Crippen LogP contribution < -0.4 is 0 Å². The zero-order chi connectivity index (χ0) is 33.4. The van der Waals surface area contributed by atoms with E-state index >= 15 is 0 Å². The van der Waals surface area contributed by atoms with Crippen molar-refractivity contribution in [3.63, 3.8) is 0 Å². The second-order valence-electron chi connectivity index (χ2n) is 11.8. The zero-order valence-electron chi connectivity index (χ0n) is 27.1. The van der Waals surface area contributed by atoms with Crippen LogP contribution in [0.5, 0.6) is 0 Å². The molecular formula is C40H40O7S. The molecule has 1 aliphatic heterocycles. The van der Waals surface area contributed by atoms with Crippen LogP contribution in [0.1, 0.15) is 34.2 Å². The van der Waals surface area contributed by atoms with Gasteiger partial charge >= 0.3 is 0 Å². The van der Waals surface area contributed by atoms with Crippen LogP contribution in [0.3, 0.4) is 0 Å². The molecule has 0 aliphatic carbocycles. The minimum absolute atomic E-state index is 0.0438. The van der Waals surface area contributed by atoms with Gasteiger partial charge in [0.25, 0.3) is 10.1 Å². The first kappa shape index (κ1) is 33.7. The average molecular weight is 665 g/mol. The minimum atomic E-state index is -4.22. The lowest BCUT2D eigenvalue weighted by atomic mass is 9.80. The first-order chi connectivity index (χ1) is 23.4. The summed E-state index contributed by atoms with van der Waals surface area (Å²) in [6.45, 7) is 2.11. The number of hydrogen-bond donors (Lipinski definition) is 0. The smallest absolute Gasteiger partial charge is 0.297 e. The summed E-state index contributed by atoms with van der Waals surface area (Å²) in [5.74, 6) is 0. The van der Waals surface area contributed by atoms with Gasteiger partial charge in [-0.1, -0.05) is 139 Å². The maximum atomic E-state index is 13.8. The maximum absolute atomic E-state index is 13.8. The van der Waals surface area contributed by atoms with Crippen molar-refractivity contribution in [3.05, 3.63) is 173 Å². The number of ether oxygens (including phenoxy) is 4. The third-order valence-corrected chi connectivity index (χ3v) is 9.93. The molecule has 7 nitrogen and oxygen atoms in total. The Morgan fingerprint density at radius 1 is 0.708 bits per heavy atom. The van der Waals surface area contributed by atoms with Gasteiger partial charge in [0.05, 0.1) is 24.2 Å². The first-order valence-electron chi connectivity index (χ1n) is 16.0. The lowest BCUT2D eigenvalue weighted by Crippen LogP contribution is -2.54. The van der Waals surface area contributed by atoms with Crippen molar-refractivity contribution in [2.45, 2.75) is 55.0 Å². The maximum Gasteiger partial charge on any atom is 0.297 e. The average Bonchev–Trinajstić information content (AvgIpc) is 3.13. The van der Waals surface area contributed by atoms with Crippen molar-refractivity contribution in [2.24, 2.45) is 0 Å². The van der Waals surface area contributed by atoms with Gasteiger partial charge in [0.1, 0.15) is 17.8 Å². The Morgan fingerprint density at radius 3 is 1.71 bits per heavy atom. The van der Waals surface area contributed by atoms with E-state index in [1.165, 1.54) is 0 Å². The molecule has 0 amide bonds. The summed E-state index contributed by atoms with van der Waals surface area (Å²) in [7, 11) is -2.66. The normalized spacial score (nSPS) is 20.0. The van der Waals surface area contributed by atoms with E-state index in [0.717, 1.165) is 27.8 Å². The summed E-state index contributed by atoms with van der Waals surface area (Å²) in [4.78, 5) is 0.0515. The van der Waals surface area contributed by atoms with Gasteiger partial charge in [-0.15, -0.1) is 0 Å². The molecule has 0 bridgehead atoms. The molecular weight excluding hydrogens is 625 g/mol. The van der Waals surface area contributed by atoms with Crippen LogP contribution in [0.4, 0.5) is 0 Å². The molecule has 6 rings (SSSR count). The van der Waals surface area contributed by atoms with E-state index in [1.807, 2.05) is 128 Å². The van der Waals surface area contributed by atoms with E-state index in [4.69, 9.17) is 23.1 Å². The van der Waals surface area contributed by atoms with Gasteiger partial charge in [-0.2, -0.15) is 8.42 Å². The van der Waals surface area contributed by atoms with E-state index < -0.39 is 40.3 Å². The minimum Gasteiger partial charge on any atom is -0.370 e. The van der Waals surface area contributed by atoms with Gasteiger partial charge in [-0.05, 0) is 41.3 Å². The van der Waals surface area contributed by atoms with Gasteiger partial charge in [-0.3, -0.25) is 4.18 Å². The van der Waals surface area contributed by atoms with Crippen LogP contribution >= 0.6 is 0 Å². The molecule has 1 saturated heterocycles. The largest absolute Gasteiger partial charge is 0.370 e. The number of benzene rings is 5. The molecule has 4 atom stereocenters. The Morgan fingerprint density at radius 2 is 1.21 bits per heavy atom. The highest BCUT2D eigenvalue weighted by Gasteiger charge is 2.46. The Hall–Kier alpha value is -4.15. The third-order valence-electron chi connectivity index (χ3n) is 8.61. The molecule has 5 aromatic carbocycles. The van der Waals surface area contributed by atoms with Crippen LogP contribution in [0.15, 0.2) is 150 Å². The zero-order valence-corrected chi connectivity index (χ0v) is 27.9. The van der Waals surface area contributed by atoms with Crippen molar-refractivity contribution in [1.82, 2.24) is 0 Å². The predicted molar refractivity (Wildman–Crippen MR) is 184 cm³/mol. The first-order valence-corrected chi connectivity index (χ1v) is 17.4. The fourth-order valence-electron chi connectivity index (χ4n) is 6.12. The summed E-state index contributed by atoms with van der Waals surface area (Å²) in [5, 5.41) is 0. The molecule has 248 valence electrons. The molecule has 0 radical (unpaired) electrons. The van der Waals surface area contributed by atoms with E-state index in [9.17, 15) is 8.42 Å². The molecule has 0 unspecified atom stereocenters. The predicted octanol–water partition coefficient (Wildman–Crippen LogP) is 7.42. The molecule has 5 aromatic rings. The summed E-state index contributed by atoms with van der Waals surface area (Å²) in [6, 6.07) is 46.2. The fourth-order valence-corrected chi connectivity index (χ4v) is 7.24. The van der Waals surface area contributed by atoms with Crippen LogP contribution in [0.25, 0.3) is 0 Å². The number of aryl methyl sites for hydroxylation is 1. The van der Waals surface area contributed by atoms with Crippen molar-refractivity contribution >= 4 is 10.1 Å². The Bertz CT molecular complexity index is 1720. The molecule has 8 heteroatoms. The van der Waals surface area contributed by atoms with Crippen LogP contribution in [-0.2, 0) is 45.5 Å². The molecule has 48 heavy (non-hydrogen) atoms. The van der Waals surface area contributed by atoms with Crippen LogP contribution in [0.2, 0.25) is 0 Å². The molecule has 0 aromatic heterocycles. The second-order valence-corrected chi connectivity index (χ2v) is 13.4. The monoisotopic (exact) mass is 664 g/mol. The molecule has 1 aliphatic rings. The number of hydrogen-bond acceptors (Lipinski definition) is 7. The topological polar surface area (TPSA) is 80.3 Å². The summed E-state index contributed by atoms with van der Waals surface area (Å²) < 4.78 is 59.3.